The number of aliphatic hydroxyl groups is 1. The minimum Gasteiger partial charge on any atom is -0.488 e. The van der Waals surface area contributed by atoms with Crippen LogP contribution in [0, 0.1) is 23.2 Å². The van der Waals surface area contributed by atoms with E-state index in [2.05, 4.69) is 41.3 Å². The third-order valence-electron chi connectivity index (χ3n) is 7.31. The zero-order valence-electron chi connectivity index (χ0n) is 17.4. The maximum atomic E-state index is 10.7. The molecule has 1 N–H and O–H groups in total. The molecule has 30 heavy (non-hydrogen) atoms. The highest BCUT2D eigenvalue weighted by Gasteiger charge is 2.42. The van der Waals surface area contributed by atoms with Gasteiger partial charge in [0.1, 0.15) is 22.8 Å². The number of rotatable bonds is 5. The van der Waals surface area contributed by atoms with Crippen molar-refractivity contribution < 1.29 is 9.84 Å². The zero-order valence-corrected chi connectivity index (χ0v) is 18.2. The van der Waals surface area contributed by atoms with E-state index in [1.165, 1.54) is 36.1 Å². The van der Waals surface area contributed by atoms with Gasteiger partial charge >= 0.3 is 0 Å². The molecule has 0 radical (unpaired) electrons. The van der Waals surface area contributed by atoms with Crippen molar-refractivity contribution in [1.29, 1.82) is 5.26 Å². The van der Waals surface area contributed by atoms with E-state index in [4.69, 9.17) is 10.00 Å². The first-order valence-corrected chi connectivity index (χ1v) is 12.2. The molecule has 2 heterocycles. The predicted molar refractivity (Wildman–Crippen MR) is 119 cm³/mol. The summed E-state index contributed by atoms with van der Waals surface area (Å²) in [4.78, 5) is 4.51. The Morgan fingerprint density at radius 2 is 1.77 bits per heavy atom. The van der Waals surface area contributed by atoms with Crippen molar-refractivity contribution in [3.8, 4) is 11.8 Å². The summed E-state index contributed by atoms with van der Waals surface area (Å²) in [5.74, 6) is 2.72. The number of aliphatic hydroxyl groups excluding tert-OH is 1. The van der Waals surface area contributed by atoms with Crippen LogP contribution in [0.1, 0.15) is 59.8 Å². The number of fused-ring (bicyclic) bond motifs is 1. The second kappa shape index (κ2) is 8.70. The highest BCUT2D eigenvalue weighted by molar-refractivity contribution is 7.12. The highest BCUT2D eigenvalue weighted by Crippen LogP contribution is 2.39. The van der Waals surface area contributed by atoms with Crippen molar-refractivity contribution in [1.82, 2.24) is 4.90 Å². The topological polar surface area (TPSA) is 56.5 Å². The molecule has 1 saturated heterocycles. The van der Waals surface area contributed by atoms with Gasteiger partial charge in [0, 0.05) is 24.5 Å². The maximum Gasteiger partial charge on any atom is 0.125 e. The maximum absolute atomic E-state index is 10.7. The number of hydrogen-bond donors (Lipinski definition) is 1. The molecule has 0 spiro atoms. The van der Waals surface area contributed by atoms with Gasteiger partial charge in [-0.25, -0.2) is 0 Å². The van der Waals surface area contributed by atoms with E-state index < -0.39 is 6.10 Å². The second-order valence-corrected chi connectivity index (χ2v) is 10.5. The second-order valence-electron chi connectivity index (χ2n) is 9.34. The average molecular weight is 423 g/mol. The molecule has 0 amide bonds. The molecule has 2 saturated carbocycles. The quantitative estimate of drug-likeness (QED) is 0.742. The van der Waals surface area contributed by atoms with Crippen LogP contribution in [0.25, 0.3) is 0 Å². The number of thiophene rings is 1. The fraction of sp³-hybridized carbons (Fsp3) is 0.560. The lowest BCUT2D eigenvalue weighted by Crippen LogP contribution is -2.42. The zero-order chi connectivity index (χ0) is 20.5. The van der Waals surface area contributed by atoms with Crippen LogP contribution in [0.5, 0.6) is 5.75 Å². The minimum atomic E-state index is -0.396. The van der Waals surface area contributed by atoms with Crippen molar-refractivity contribution in [3.05, 3.63) is 51.7 Å². The molecule has 1 aliphatic heterocycles. The molecule has 5 rings (SSSR count). The van der Waals surface area contributed by atoms with Gasteiger partial charge in [-0.15, -0.1) is 11.3 Å². The number of ether oxygens (including phenoxy) is 1. The van der Waals surface area contributed by atoms with Gasteiger partial charge in [0.25, 0.3) is 0 Å². The van der Waals surface area contributed by atoms with Crippen LogP contribution < -0.4 is 4.74 Å². The summed E-state index contributed by atoms with van der Waals surface area (Å²) in [6.45, 7) is 2.99. The fourth-order valence-electron chi connectivity index (χ4n) is 5.74. The van der Waals surface area contributed by atoms with E-state index in [9.17, 15) is 5.11 Å². The van der Waals surface area contributed by atoms with Gasteiger partial charge in [-0.1, -0.05) is 25.0 Å². The summed E-state index contributed by atoms with van der Waals surface area (Å²) in [7, 11) is 0. The van der Waals surface area contributed by atoms with E-state index in [1.807, 2.05) is 6.07 Å². The lowest BCUT2D eigenvalue weighted by molar-refractivity contribution is -0.0231. The average Bonchev–Trinajstić information content (AvgIpc) is 3.50. The summed E-state index contributed by atoms with van der Waals surface area (Å²) in [6, 6.07) is 14.8. The molecule has 3 fully saturated rings. The minimum absolute atomic E-state index is 0.115. The van der Waals surface area contributed by atoms with Gasteiger partial charge in [-0.3, -0.25) is 4.90 Å². The Hall–Kier alpha value is -1.87. The van der Waals surface area contributed by atoms with Gasteiger partial charge in [-0.2, -0.15) is 5.26 Å². The number of hydrogen-bond acceptors (Lipinski definition) is 5. The van der Waals surface area contributed by atoms with Crippen molar-refractivity contribution in [2.24, 2.45) is 11.8 Å². The Bertz CT molecular complexity index is 897. The lowest BCUT2D eigenvalue weighted by Gasteiger charge is -2.35. The molecule has 4 atom stereocenters. The molecule has 2 aromatic rings. The molecule has 1 aromatic carbocycles. The van der Waals surface area contributed by atoms with Gasteiger partial charge in [0.05, 0.1) is 6.10 Å². The summed E-state index contributed by atoms with van der Waals surface area (Å²) in [6.07, 6.45) is 6.55. The first-order valence-electron chi connectivity index (χ1n) is 11.3. The molecule has 5 heteroatoms. The molecule has 0 bridgehead atoms. The standard InChI is InChI=1S/C25H30N2O2S/c26-13-22-9-10-23(30-22)16-27-14-19-11-24(28)25(12-20(19)15-27)29-21-7-5-18(6-8-21)17-3-1-2-4-17/h5-10,17,19-20,24-25,28H,1-4,11-12,14-16H2/t19-,20+,24+,25+/m0/s1. The Kier molecular flexibility index (Phi) is 5.82. The number of benzene rings is 1. The van der Waals surface area contributed by atoms with Crippen LogP contribution in [-0.2, 0) is 6.54 Å². The van der Waals surface area contributed by atoms with Crippen molar-refractivity contribution in [2.45, 2.75) is 63.2 Å². The monoisotopic (exact) mass is 422 g/mol. The van der Waals surface area contributed by atoms with Crippen LogP contribution in [0.15, 0.2) is 36.4 Å². The van der Waals surface area contributed by atoms with Crippen molar-refractivity contribution >= 4 is 11.3 Å². The molecule has 1 aromatic heterocycles. The van der Waals surface area contributed by atoms with Gasteiger partial charge in [0.15, 0.2) is 0 Å². The SMILES string of the molecule is N#Cc1ccc(CN2C[C@H]3C[C@@H](Oc4ccc(C5CCCC5)cc4)[C@H](O)C[C@H]3C2)s1. The Balaban J connectivity index is 1.18. The smallest absolute Gasteiger partial charge is 0.125 e. The molecule has 3 aliphatic rings. The largest absolute Gasteiger partial charge is 0.488 e. The van der Waals surface area contributed by atoms with Crippen LogP contribution in [0.4, 0.5) is 0 Å². The molecular formula is C25H30N2O2S. The number of likely N-dealkylation sites (tertiary alicyclic amines) is 1. The molecule has 0 unspecified atom stereocenters. The third kappa shape index (κ3) is 4.27. The summed E-state index contributed by atoms with van der Waals surface area (Å²) in [5, 5.41) is 19.8. The summed E-state index contributed by atoms with van der Waals surface area (Å²) >= 11 is 1.59. The van der Waals surface area contributed by atoms with E-state index in [0.717, 1.165) is 49.0 Å². The third-order valence-corrected chi connectivity index (χ3v) is 8.28. The normalized spacial score (nSPS) is 29.6. The molecule has 4 nitrogen and oxygen atoms in total. The van der Waals surface area contributed by atoms with Gasteiger partial charge in [-0.05, 0) is 73.3 Å². The van der Waals surface area contributed by atoms with Crippen LogP contribution in [0.3, 0.4) is 0 Å². The van der Waals surface area contributed by atoms with E-state index >= 15 is 0 Å². The van der Waals surface area contributed by atoms with Crippen molar-refractivity contribution in [3.63, 3.8) is 0 Å². The molecular weight excluding hydrogens is 392 g/mol. The van der Waals surface area contributed by atoms with E-state index in [-0.39, 0.29) is 6.10 Å². The van der Waals surface area contributed by atoms with Crippen LogP contribution in [-0.4, -0.2) is 35.3 Å². The van der Waals surface area contributed by atoms with Gasteiger partial charge < -0.3 is 9.84 Å². The first kappa shape index (κ1) is 20.1. The van der Waals surface area contributed by atoms with Crippen molar-refractivity contribution in [2.75, 3.05) is 13.1 Å². The molecule has 2 aliphatic carbocycles. The predicted octanol–water partition coefficient (Wildman–Crippen LogP) is 4.93. The summed E-state index contributed by atoms with van der Waals surface area (Å²) in [5.41, 5.74) is 1.43. The lowest BCUT2D eigenvalue weighted by atomic mass is 9.78. The Morgan fingerprint density at radius 3 is 2.47 bits per heavy atom. The van der Waals surface area contributed by atoms with Crippen LogP contribution >= 0.6 is 11.3 Å². The first-order chi connectivity index (χ1) is 14.7. The highest BCUT2D eigenvalue weighted by atomic mass is 32.1. The van der Waals surface area contributed by atoms with E-state index in [0.29, 0.717) is 11.8 Å². The summed E-state index contributed by atoms with van der Waals surface area (Å²) < 4.78 is 6.26. The number of nitriles is 1. The van der Waals surface area contributed by atoms with Crippen LogP contribution in [0.2, 0.25) is 0 Å². The van der Waals surface area contributed by atoms with E-state index in [1.54, 1.807) is 11.3 Å². The fourth-order valence-corrected chi connectivity index (χ4v) is 6.59. The number of nitrogens with zero attached hydrogens (tertiary/aromatic N) is 2. The molecule has 158 valence electrons. The Labute approximate surface area is 183 Å². The van der Waals surface area contributed by atoms with Gasteiger partial charge in [0.2, 0.25) is 0 Å². The Morgan fingerprint density at radius 1 is 1.03 bits per heavy atom.